The first-order valence-electron chi connectivity index (χ1n) is 12.7. The van der Waals surface area contributed by atoms with Crippen LogP contribution >= 0.6 is 0 Å². The summed E-state index contributed by atoms with van der Waals surface area (Å²) < 4.78 is 4.10. The molecule has 0 bridgehead atoms. The summed E-state index contributed by atoms with van der Waals surface area (Å²) in [5.74, 6) is 0.767. The molecule has 3 aromatic heterocycles. The number of aromatic nitrogens is 5. The van der Waals surface area contributed by atoms with E-state index < -0.39 is 5.97 Å². The van der Waals surface area contributed by atoms with Gasteiger partial charge >= 0.3 is 5.97 Å². The molecule has 0 aliphatic rings. The summed E-state index contributed by atoms with van der Waals surface area (Å²) in [5, 5.41) is 10.3. The standard InChI is InChI=1S/C31H27N5O2/c1-4-9-27-33-23-15-13-21(29-34-24-12-8-17-32-30(24)35(29)3)18-26(23)36(27)25-16-14-22(20-10-6-5-7-11-20)28(19(25)2)31(37)38/h5-8,10-18H,4,9H2,1-3H3,(H,37,38). The second kappa shape index (κ2) is 9.27. The van der Waals surface area contributed by atoms with Crippen LogP contribution in [-0.2, 0) is 13.5 Å². The molecule has 6 aromatic rings. The molecular weight excluding hydrogens is 474 g/mol. The minimum absolute atomic E-state index is 0.301. The van der Waals surface area contributed by atoms with E-state index in [0.717, 1.165) is 63.5 Å². The molecule has 0 atom stereocenters. The SMILES string of the molecule is CCCc1nc2ccc(-c3nc4cccnc4n3C)cc2n1-c1ccc(-c2ccccc2)c(C(=O)O)c1C. The number of nitrogens with zero attached hydrogens (tertiary/aromatic N) is 5. The van der Waals surface area contributed by atoms with Gasteiger partial charge in [0.1, 0.15) is 17.2 Å². The van der Waals surface area contributed by atoms with Crippen molar-refractivity contribution in [2.45, 2.75) is 26.7 Å². The van der Waals surface area contributed by atoms with Gasteiger partial charge in [0.05, 0.1) is 22.3 Å². The second-order valence-electron chi connectivity index (χ2n) is 9.46. The van der Waals surface area contributed by atoms with Gasteiger partial charge in [-0.05, 0) is 66.4 Å². The summed E-state index contributed by atoms with van der Waals surface area (Å²) in [5.41, 5.74) is 7.77. The topological polar surface area (TPSA) is 85.8 Å². The second-order valence-corrected chi connectivity index (χ2v) is 9.46. The van der Waals surface area contributed by atoms with Crippen molar-refractivity contribution in [3.63, 3.8) is 0 Å². The predicted octanol–water partition coefficient (Wildman–Crippen LogP) is 6.60. The molecule has 3 heterocycles. The van der Waals surface area contributed by atoms with Crippen molar-refractivity contribution < 1.29 is 9.90 Å². The van der Waals surface area contributed by atoms with E-state index in [9.17, 15) is 9.90 Å². The number of carbonyl (C=O) groups is 1. The van der Waals surface area contributed by atoms with Crippen LogP contribution in [0.1, 0.15) is 35.1 Å². The molecule has 188 valence electrons. The lowest BCUT2D eigenvalue weighted by atomic mass is 9.94. The summed E-state index contributed by atoms with van der Waals surface area (Å²) in [6, 6.07) is 23.5. The third kappa shape index (κ3) is 3.75. The van der Waals surface area contributed by atoms with E-state index in [1.807, 2.05) is 85.3 Å². The van der Waals surface area contributed by atoms with E-state index in [0.29, 0.717) is 16.7 Å². The van der Waals surface area contributed by atoms with Crippen molar-refractivity contribution in [2.75, 3.05) is 0 Å². The van der Waals surface area contributed by atoms with Gasteiger partial charge in [0.2, 0.25) is 0 Å². The molecule has 1 N–H and O–H groups in total. The van der Waals surface area contributed by atoms with Crippen LogP contribution in [0.4, 0.5) is 0 Å². The monoisotopic (exact) mass is 501 g/mol. The molecule has 6 rings (SSSR count). The van der Waals surface area contributed by atoms with Gasteiger partial charge in [-0.3, -0.25) is 4.57 Å². The van der Waals surface area contributed by atoms with E-state index in [2.05, 4.69) is 22.5 Å². The Morgan fingerprint density at radius 3 is 2.47 bits per heavy atom. The van der Waals surface area contributed by atoms with Gasteiger partial charge in [0.15, 0.2) is 5.65 Å². The van der Waals surface area contributed by atoms with E-state index in [4.69, 9.17) is 9.97 Å². The quantitative estimate of drug-likeness (QED) is 0.278. The van der Waals surface area contributed by atoms with Gasteiger partial charge in [-0.2, -0.15) is 0 Å². The van der Waals surface area contributed by atoms with Crippen LogP contribution in [0.5, 0.6) is 0 Å². The van der Waals surface area contributed by atoms with Gasteiger partial charge in [-0.25, -0.2) is 19.7 Å². The molecule has 38 heavy (non-hydrogen) atoms. The zero-order chi connectivity index (χ0) is 26.4. The summed E-state index contributed by atoms with van der Waals surface area (Å²) in [4.78, 5) is 26.8. The lowest BCUT2D eigenvalue weighted by molar-refractivity contribution is 0.0697. The molecule has 0 aliphatic carbocycles. The van der Waals surface area contributed by atoms with Crippen LogP contribution in [0.15, 0.2) is 79.0 Å². The Morgan fingerprint density at radius 1 is 0.921 bits per heavy atom. The maximum atomic E-state index is 12.5. The maximum absolute atomic E-state index is 12.5. The van der Waals surface area contributed by atoms with Crippen LogP contribution in [-0.4, -0.2) is 35.2 Å². The number of aryl methyl sites for hydroxylation is 2. The first-order valence-corrected chi connectivity index (χ1v) is 12.7. The molecule has 0 saturated carbocycles. The van der Waals surface area contributed by atoms with Crippen LogP contribution in [0.25, 0.3) is 50.4 Å². The van der Waals surface area contributed by atoms with Crippen molar-refractivity contribution in [2.24, 2.45) is 7.05 Å². The first kappa shape index (κ1) is 23.6. The first-order chi connectivity index (χ1) is 18.5. The fraction of sp³-hybridized carbons (Fsp3) is 0.161. The van der Waals surface area contributed by atoms with Gasteiger partial charge in [-0.1, -0.05) is 43.3 Å². The average Bonchev–Trinajstić information content (AvgIpc) is 3.46. The Kier molecular flexibility index (Phi) is 5.76. The predicted molar refractivity (Wildman–Crippen MR) is 150 cm³/mol. The number of imidazole rings is 2. The molecule has 0 spiro atoms. The Hall–Kier alpha value is -4.78. The molecular formula is C31H27N5O2. The highest BCUT2D eigenvalue weighted by molar-refractivity contribution is 5.99. The van der Waals surface area contributed by atoms with E-state index in [1.165, 1.54) is 0 Å². The van der Waals surface area contributed by atoms with Crippen LogP contribution in [0.3, 0.4) is 0 Å². The number of rotatable bonds is 6. The van der Waals surface area contributed by atoms with Crippen molar-refractivity contribution in [1.29, 1.82) is 0 Å². The Morgan fingerprint density at radius 2 is 1.74 bits per heavy atom. The van der Waals surface area contributed by atoms with Gasteiger partial charge in [0.25, 0.3) is 0 Å². The number of carboxylic acids is 1. The Balaban J connectivity index is 1.59. The number of carboxylic acid groups (broad SMARTS) is 1. The molecule has 0 aliphatic heterocycles. The zero-order valence-corrected chi connectivity index (χ0v) is 21.5. The lowest BCUT2D eigenvalue weighted by Crippen LogP contribution is -2.09. The van der Waals surface area contributed by atoms with E-state index in [1.54, 1.807) is 6.20 Å². The van der Waals surface area contributed by atoms with Crippen molar-refractivity contribution in [3.8, 4) is 28.2 Å². The van der Waals surface area contributed by atoms with Crippen LogP contribution in [0, 0.1) is 6.92 Å². The average molecular weight is 502 g/mol. The zero-order valence-electron chi connectivity index (χ0n) is 21.5. The number of hydrogen-bond acceptors (Lipinski definition) is 4. The summed E-state index contributed by atoms with van der Waals surface area (Å²) >= 11 is 0. The highest BCUT2D eigenvalue weighted by Crippen LogP contribution is 2.34. The maximum Gasteiger partial charge on any atom is 0.336 e. The normalized spacial score (nSPS) is 11.4. The van der Waals surface area contributed by atoms with Gasteiger partial charge in [-0.15, -0.1) is 0 Å². The number of hydrogen-bond donors (Lipinski definition) is 1. The third-order valence-corrected chi connectivity index (χ3v) is 7.06. The Labute approximate surface area is 220 Å². The van der Waals surface area contributed by atoms with Crippen molar-refractivity contribution in [3.05, 3.63) is 95.9 Å². The molecule has 7 nitrogen and oxygen atoms in total. The molecule has 7 heteroatoms. The highest BCUT2D eigenvalue weighted by Gasteiger charge is 2.22. The number of aromatic carboxylic acids is 1. The number of fused-ring (bicyclic) bond motifs is 2. The fourth-order valence-corrected chi connectivity index (χ4v) is 5.28. The molecule has 0 fully saturated rings. The molecule has 0 unspecified atom stereocenters. The summed E-state index contributed by atoms with van der Waals surface area (Å²) in [6.45, 7) is 4.00. The van der Waals surface area contributed by atoms with Crippen LogP contribution < -0.4 is 0 Å². The van der Waals surface area contributed by atoms with E-state index >= 15 is 0 Å². The van der Waals surface area contributed by atoms with E-state index in [-0.39, 0.29) is 0 Å². The van der Waals surface area contributed by atoms with Crippen molar-refractivity contribution >= 4 is 28.2 Å². The molecule has 0 radical (unpaired) electrons. The molecule has 3 aromatic carbocycles. The lowest BCUT2D eigenvalue weighted by Gasteiger charge is -2.17. The van der Waals surface area contributed by atoms with Crippen molar-refractivity contribution in [1.82, 2.24) is 24.1 Å². The summed E-state index contributed by atoms with van der Waals surface area (Å²) in [7, 11) is 1.97. The third-order valence-electron chi connectivity index (χ3n) is 7.06. The van der Waals surface area contributed by atoms with Gasteiger partial charge in [0, 0.05) is 25.2 Å². The van der Waals surface area contributed by atoms with Gasteiger partial charge < -0.3 is 9.67 Å². The molecule has 0 amide bonds. The minimum Gasteiger partial charge on any atom is -0.478 e. The fourth-order valence-electron chi connectivity index (χ4n) is 5.28. The Bertz CT molecular complexity index is 1830. The highest BCUT2D eigenvalue weighted by atomic mass is 16.4. The number of pyridine rings is 1. The largest absolute Gasteiger partial charge is 0.478 e. The molecule has 0 saturated heterocycles. The summed E-state index contributed by atoms with van der Waals surface area (Å²) in [6.07, 6.45) is 3.45. The smallest absolute Gasteiger partial charge is 0.336 e. The number of benzene rings is 3. The minimum atomic E-state index is -0.947. The van der Waals surface area contributed by atoms with Crippen LogP contribution in [0.2, 0.25) is 0 Å².